The minimum Gasteiger partial charge on any atom is -0.379 e. The molecule has 2 aliphatic rings. The van der Waals surface area contributed by atoms with Gasteiger partial charge in [0.25, 0.3) is 5.56 Å². The molecule has 2 saturated heterocycles. The van der Waals surface area contributed by atoms with Crippen molar-refractivity contribution < 1.29 is 9.47 Å². The summed E-state index contributed by atoms with van der Waals surface area (Å²) < 4.78 is 11.2. The van der Waals surface area contributed by atoms with E-state index in [2.05, 4.69) is 20.1 Å². The number of nitrogens with zero attached hydrogens (tertiary/aromatic N) is 2. The highest BCUT2D eigenvalue weighted by Crippen LogP contribution is 2.16. The number of aromatic amines is 1. The Hall–Kier alpha value is -2.00. The molecule has 0 bridgehead atoms. The molecule has 32 heavy (non-hydrogen) atoms. The molecule has 1 aromatic heterocycles. The molecule has 0 aliphatic carbocycles. The largest absolute Gasteiger partial charge is 0.379 e. The molecular weight excluding hydrogens is 424 g/mol. The van der Waals surface area contributed by atoms with Crippen LogP contribution in [-0.2, 0) is 16.0 Å². The Morgan fingerprint density at radius 3 is 2.94 bits per heavy atom. The monoisotopic (exact) mass is 458 g/mol. The summed E-state index contributed by atoms with van der Waals surface area (Å²) in [7, 11) is 0. The highest BCUT2D eigenvalue weighted by atomic mass is 32.1. The third-order valence-corrected chi connectivity index (χ3v) is 6.73. The number of para-hydroxylation sites is 1. The van der Waals surface area contributed by atoms with E-state index in [1.165, 1.54) is 0 Å². The second kappa shape index (κ2) is 11.2. The van der Waals surface area contributed by atoms with Gasteiger partial charge in [0.1, 0.15) is 0 Å². The smallest absolute Gasteiger partial charge is 0.253 e. The highest BCUT2D eigenvalue weighted by molar-refractivity contribution is 7.80. The predicted octanol–water partition coefficient (Wildman–Crippen LogP) is 2.41. The van der Waals surface area contributed by atoms with Gasteiger partial charge in [-0.2, -0.15) is 0 Å². The number of hydrogen-bond donors (Lipinski definition) is 2. The van der Waals surface area contributed by atoms with Gasteiger partial charge < -0.3 is 24.7 Å². The van der Waals surface area contributed by atoms with Gasteiger partial charge >= 0.3 is 0 Å². The molecule has 0 unspecified atom stereocenters. The SMILES string of the molecule is Cc1cccc2cc(CN(CCCN3CCOCC3)C(=S)NC[C@@H]3CCCO3)c(=O)[nH]c12. The van der Waals surface area contributed by atoms with Gasteiger partial charge in [0.05, 0.1) is 31.4 Å². The van der Waals surface area contributed by atoms with E-state index in [9.17, 15) is 4.79 Å². The molecule has 2 N–H and O–H groups in total. The number of pyridine rings is 1. The third kappa shape index (κ3) is 6.07. The molecule has 7 nitrogen and oxygen atoms in total. The maximum Gasteiger partial charge on any atom is 0.253 e. The van der Waals surface area contributed by atoms with Gasteiger partial charge in [-0.3, -0.25) is 9.69 Å². The number of rotatable bonds is 8. The molecule has 0 saturated carbocycles. The van der Waals surface area contributed by atoms with E-state index in [1.54, 1.807) is 0 Å². The molecule has 174 valence electrons. The summed E-state index contributed by atoms with van der Waals surface area (Å²) in [6.45, 7) is 9.40. The topological polar surface area (TPSA) is 69.8 Å². The number of fused-ring (bicyclic) bond motifs is 1. The summed E-state index contributed by atoms with van der Waals surface area (Å²) in [5.41, 5.74) is 2.66. The fourth-order valence-corrected chi connectivity index (χ4v) is 4.67. The first-order valence-corrected chi connectivity index (χ1v) is 12.1. The average molecular weight is 459 g/mol. The first-order chi connectivity index (χ1) is 15.6. The van der Waals surface area contributed by atoms with Crippen LogP contribution >= 0.6 is 12.2 Å². The van der Waals surface area contributed by atoms with Crippen molar-refractivity contribution in [2.75, 3.05) is 52.5 Å². The van der Waals surface area contributed by atoms with Crippen LogP contribution in [0, 0.1) is 6.92 Å². The molecule has 2 aliphatic heterocycles. The first-order valence-electron chi connectivity index (χ1n) is 11.7. The van der Waals surface area contributed by atoms with Gasteiger partial charge in [0.15, 0.2) is 5.11 Å². The molecule has 0 amide bonds. The number of H-pyrrole nitrogens is 1. The molecule has 2 aromatic rings. The lowest BCUT2D eigenvalue weighted by Gasteiger charge is -2.30. The summed E-state index contributed by atoms with van der Waals surface area (Å²) in [5.74, 6) is 0. The molecule has 3 heterocycles. The number of nitrogens with one attached hydrogen (secondary N) is 2. The number of benzene rings is 1. The quantitative estimate of drug-likeness (QED) is 0.589. The van der Waals surface area contributed by atoms with E-state index in [4.69, 9.17) is 21.7 Å². The molecule has 2 fully saturated rings. The number of aryl methyl sites for hydroxylation is 1. The Labute approximate surface area is 195 Å². The number of ether oxygens (including phenoxy) is 2. The van der Waals surface area contributed by atoms with Crippen LogP contribution in [0.1, 0.15) is 30.4 Å². The summed E-state index contributed by atoms with van der Waals surface area (Å²) in [6, 6.07) is 8.07. The molecule has 8 heteroatoms. The zero-order valence-corrected chi connectivity index (χ0v) is 19.7. The van der Waals surface area contributed by atoms with Crippen LogP contribution in [0.3, 0.4) is 0 Å². The minimum atomic E-state index is -0.0492. The number of hydrogen-bond acceptors (Lipinski definition) is 5. The molecule has 4 rings (SSSR count). The minimum absolute atomic E-state index is 0.0492. The summed E-state index contributed by atoms with van der Waals surface area (Å²) >= 11 is 5.75. The van der Waals surface area contributed by atoms with Crippen molar-refractivity contribution in [3.05, 3.63) is 45.7 Å². The van der Waals surface area contributed by atoms with Crippen LogP contribution in [0.4, 0.5) is 0 Å². The summed E-state index contributed by atoms with van der Waals surface area (Å²) in [4.78, 5) is 20.5. The maximum absolute atomic E-state index is 12.8. The van der Waals surface area contributed by atoms with Gasteiger partial charge in [0.2, 0.25) is 0 Å². The van der Waals surface area contributed by atoms with E-state index >= 15 is 0 Å². The second-order valence-corrected chi connectivity index (χ2v) is 9.10. The van der Waals surface area contributed by atoms with E-state index in [0.717, 1.165) is 87.3 Å². The van der Waals surface area contributed by atoms with Crippen molar-refractivity contribution in [1.82, 2.24) is 20.1 Å². The number of thiocarbonyl (C=S) groups is 1. The maximum atomic E-state index is 12.8. The molecule has 0 spiro atoms. The van der Waals surface area contributed by atoms with Gasteiger partial charge in [0, 0.05) is 44.9 Å². The highest BCUT2D eigenvalue weighted by Gasteiger charge is 2.19. The average Bonchev–Trinajstić information content (AvgIpc) is 3.32. The number of aromatic nitrogens is 1. The van der Waals surface area contributed by atoms with Crippen LogP contribution < -0.4 is 10.9 Å². The van der Waals surface area contributed by atoms with Gasteiger partial charge in [-0.15, -0.1) is 0 Å². The third-order valence-electron chi connectivity index (χ3n) is 6.32. The number of morpholine rings is 1. The standard InChI is InChI=1S/C24H34N4O3S/c1-18-5-2-6-19-15-20(23(29)26-22(18)19)17-28(9-4-8-27-10-13-30-14-11-27)24(32)25-16-21-7-3-12-31-21/h2,5-6,15,21H,3-4,7-14,16-17H2,1H3,(H,25,32)(H,26,29)/t21-/m0/s1. The normalized spacial score (nSPS) is 19.3. The zero-order chi connectivity index (χ0) is 22.3. The molecule has 1 aromatic carbocycles. The Balaban J connectivity index is 1.44. The fraction of sp³-hybridized carbons (Fsp3) is 0.583. The zero-order valence-electron chi connectivity index (χ0n) is 18.9. The van der Waals surface area contributed by atoms with Gasteiger partial charge in [-0.25, -0.2) is 0 Å². The molecular formula is C24H34N4O3S. The van der Waals surface area contributed by atoms with Gasteiger partial charge in [-0.05, 0) is 55.4 Å². The molecule has 0 radical (unpaired) electrons. The van der Waals surface area contributed by atoms with Crippen LogP contribution in [0.2, 0.25) is 0 Å². The lowest BCUT2D eigenvalue weighted by molar-refractivity contribution is 0.0367. The summed E-state index contributed by atoms with van der Waals surface area (Å²) in [5, 5.41) is 5.12. The fourth-order valence-electron chi connectivity index (χ4n) is 4.43. The van der Waals surface area contributed by atoms with E-state index < -0.39 is 0 Å². The first kappa shape index (κ1) is 23.2. The second-order valence-electron chi connectivity index (χ2n) is 8.71. The van der Waals surface area contributed by atoms with Crippen LogP contribution in [0.15, 0.2) is 29.1 Å². The Morgan fingerprint density at radius 1 is 1.31 bits per heavy atom. The van der Waals surface area contributed by atoms with Crippen LogP contribution in [-0.4, -0.2) is 78.5 Å². The van der Waals surface area contributed by atoms with E-state index in [-0.39, 0.29) is 11.7 Å². The Kier molecular flexibility index (Phi) is 8.13. The Bertz CT molecular complexity index is 967. The Morgan fingerprint density at radius 2 is 2.16 bits per heavy atom. The van der Waals surface area contributed by atoms with E-state index in [0.29, 0.717) is 18.2 Å². The lowest BCUT2D eigenvalue weighted by Crippen LogP contribution is -2.44. The molecule has 1 atom stereocenters. The van der Waals surface area contributed by atoms with E-state index in [1.807, 2.05) is 31.2 Å². The van der Waals surface area contributed by atoms with Crippen molar-refractivity contribution in [3.8, 4) is 0 Å². The van der Waals surface area contributed by atoms with Crippen molar-refractivity contribution in [2.24, 2.45) is 0 Å². The lowest BCUT2D eigenvalue weighted by atomic mass is 10.1. The van der Waals surface area contributed by atoms with Crippen molar-refractivity contribution >= 4 is 28.2 Å². The predicted molar refractivity (Wildman–Crippen MR) is 131 cm³/mol. The van der Waals surface area contributed by atoms with Crippen LogP contribution in [0.5, 0.6) is 0 Å². The van der Waals surface area contributed by atoms with Crippen molar-refractivity contribution in [2.45, 2.75) is 38.8 Å². The van der Waals surface area contributed by atoms with Crippen molar-refractivity contribution in [1.29, 1.82) is 0 Å². The van der Waals surface area contributed by atoms with Crippen LogP contribution in [0.25, 0.3) is 10.9 Å². The van der Waals surface area contributed by atoms with Crippen molar-refractivity contribution in [3.63, 3.8) is 0 Å². The van der Waals surface area contributed by atoms with Gasteiger partial charge in [-0.1, -0.05) is 18.2 Å². The summed E-state index contributed by atoms with van der Waals surface area (Å²) in [6.07, 6.45) is 3.37.